The predicted octanol–water partition coefficient (Wildman–Crippen LogP) is 4.82. The third-order valence-electron chi connectivity index (χ3n) is 5.44. The van der Waals surface area contributed by atoms with Crippen LogP contribution in [0.1, 0.15) is 38.5 Å². The third kappa shape index (κ3) is 4.71. The Bertz CT molecular complexity index is 1250. The number of halogens is 1. The van der Waals surface area contributed by atoms with Gasteiger partial charge in [-0.2, -0.15) is 4.98 Å². The van der Waals surface area contributed by atoms with Gasteiger partial charge >= 0.3 is 5.69 Å². The maximum atomic E-state index is 13.2. The van der Waals surface area contributed by atoms with Crippen molar-refractivity contribution in [3.8, 4) is 17.2 Å². The van der Waals surface area contributed by atoms with E-state index in [9.17, 15) is 9.59 Å². The standard InChI is InChI=1S/C24H25IN4O2/c25-16-10-3-1-2-4-11-17-28-23(30)21-22(27-24(28)31)29(18-12-6-5-7-13-18)20-15-9-8-14-19(20)26-21/h5-9,12-15H,1-4,10-11,16-17H2. The van der Waals surface area contributed by atoms with Crippen LogP contribution >= 0.6 is 22.6 Å². The fourth-order valence-electron chi connectivity index (χ4n) is 3.86. The zero-order valence-electron chi connectivity index (χ0n) is 17.3. The van der Waals surface area contributed by atoms with E-state index in [2.05, 4.69) is 32.6 Å². The molecular formula is C24H25IN4O2. The molecule has 0 N–H and O–H groups in total. The normalized spacial score (nSPS) is 11.4. The van der Waals surface area contributed by atoms with Gasteiger partial charge in [-0.15, -0.1) is 0 Å². The topological polar surface area (TPSA) is 69.8 Å². The third-order valence-corrected chi connectivity index (χ3v) is 6.20. The molecule has 7 heteroatoms. The molecule has 0 unspecified atom stereocenters. The van der Waals surface area contributed by atoms with Crippen molar-refractivity contribution in [2.45, 2.75) is 45.1 Å². The molecule has 0 saturated heterocycles. The zero-order valence-corrected chi connectivity index (χ0v) is 19.5. The molecule has 0 bridgehead atoms. The van der Waals surface area contributed by atoms with Crippen LogP contribution in [0.2, 0.25) is 0 Å². The van der Waals surface area contributed by atoms with Crippen molar-refractivity contribution in [1.82, 2.24) is 19.1 Å². The predicted molar refractivity (Wildman–Crippen MR) is 133 cm³/mol. The van der Waals surface area contributed by atoms with E-state index in [-0.39, 0.29) is 11.3 Å². The molecule has 2 aliphatic rings. The highest BCUT2D eigenvalue weighted by Crippen LogP contribution is 2.24. The van der Waals surface area contributed by atoms with E-state index in [1.165, 1.54) is 28.3 Å². The van der Waals surface area contributed by atoms with E-state index >= 15 is 0 Å². The van der Waals surface area contributed by atoms with Crippen LogP contribution in [0.5, 0.6) is 0 Å². The highest BCUT2D eigenvalue weighted by Gasteiger charge is 2.22. The molecule has 2 aromatic carbocycles. The van der Waals surface area contributed by atoms with E-state index in [4.69, 9.17) is 0 Å². The highest BCUT2D eigenvalue weighted by atomic mass is 127. The van der Waals surface area contributed by atoms with Gasteiger partial charge in [-0.3, -0.25) is 13.9 Å². The molecule has 31 heavy (non-hydrogen) atoms. The minimum absolute atomic E-state index is 0.226. The lowest BCUT2D eigenvalue weighted by Gasteiger charge is -2.17. The number of hydrogen-bond donors (Lipinski definition) is 0. The number of hydrogen-bond acceptors (Lipinski definition) is 4. The first-order valence-corrected chi connectivity index (χ1v) is 12.3. The van der Waals surface area contributed by atoms with Crippen molar-refractivity contribution >= 4 is 33.6 Å². The Labute approximate surface area is 194 Å². The summed E-state index contributed by atoms with van der Waals surface area (Å²) in [5.74, 6) is 0.301. The number of aromatic nitrogens is 4. The van der Waals surface area contributed by atoms with Crippen LogP contribution in [0.4, 0.5) is 0 Å². The molecule has 160 valence electrons. The highest BCUT2D eigenvalue weighted by molar-refractivity contribution is 14.1. The number of fused-ring (bicyclic) bond motifs is 2. The van der Waals surface area contributed by atoms with Gasteiger partial charge < -0.3 is 0 Å². The molecule has 0 fully saturated rings. The molecule has 0 spiro atoms. The summed E-state index contributed by atoms with van der Waals surface area (Å²) in [6.45, 7) is 0.382. The Kier molecular flexibility index (Phi) is 7.11. The van der Waals surface area contributed by atoms with Gasteiger partial charge in [0.2, 0.25) is 0 Å². The van der Waals surface area contributed by atoms with Gasteiger partial charge in [-0.25, -0.2) is 9.78 Å². The van der Waals surface area contributed by atoms with Gasteiger partial charge in [-0.1, -0.05) is 78.6 Å². The molecule has 0 atom stereocenters. The number of para-hydroxylation sites is 3. The molecule has 0 saturated carbocycles. The smallest absolute Gasteiger partial charge is 0.291 e. The Hall–Kier alpha value is -2.55. The van der Waals surface area contributed by atoms with Crippen molar-refractivity contribution in [3.05, 3.63) is 75.4 Å². The van der Waals surface area contributed by atoms with Crippen LogP contribution in [-0.4, -0.2) is 23.5 Å². The van der Waals surface area contributed by atoms with E-state index in [1.54, 1.807) is 0 Å². The van der Waals surface area contributed by atoms with Gasteiger partial charge in [0.05, 0.1) is 11.0 Å². The molecule has 6 nitrogen and oxygen atoms in total. The van der Waals surface area contributed by atoms with Crippen molar-refractivity contribution in [2.75, 3.05) is 4.43 Å². The largest absolute Gasteiger partial charge is 0.352 e. The SMILES string of the molecule is O=c1nc2n(-c3ccccc3)c3ccccc3nc-2c(=O)n1CCCCCCCCI. The summed E-state index contributed by atoms with van der Waals surface area (Å²) in [4.78, 5) is 34.9. The lowest BCUT2D eigenvalue weighted by atomic mass is 10.1. The number of alkyl halides is 1. The summed E-state index contributed by atoms with van der Waals surface area (Å²) in [7, 11) is 0. The molecule has 0 aromatic heterocycles. The van der Waals surface area contributed by atoms with Crippen LogP contribution in [0, 0.1) is 0 Å². The summed E-state index contributed by atoms with van der Waals surface area (Å²) in [6, 6.07) is 17.2. The number of unbranched alkanes of at least 4 members (excludes halogenated alkanes) is 5. The summed E-state index contributed by atoms with van der Waals surface area (Å²) in [5, 5.41) is 0. The zero-order chi connectivity index (χ0) is 21.6. The summed E-state index contributed by atoms with van der Waals surface area (Å²) in [6.07, 6.45) is 6.60. The van der Waals surface area contributed by atoms with E-state index in [0.717, 1.165) is 30.5 Å². The molecule has 0 aliphatic carbocycles. The Morgan fingerprint density at radius 2 is 1.45 bits per heavy atom. The molecule has 4 rings (SSSR count). The van der Waals surface area contributed by atoms with Crippen molar-refractivity contribution < 1.29 is 0 Å². The second-order valence-electron chi connectivity index (χ2n) is 7.61. The first kappa shape index (κ1) is 21.7. The van der Waals surface area contributed by atoms with Crippen LogP contribution in [0.15, 0.2) is 64.2 Å². The molecule has 2 heterocycles. The van der Waals surface area contributed by atoms with E-state index in [0.29, 0.717) is 17.9 Å². The van der Waals surface area contributed by atoms with Crippen molar-refractivity contribution in [1.29, 1.82) is 0 Å². The van der Waals surface area contributed by atoms with Gasteiger partial charge in [0.1, 0.15) is 0 Å². The Morgan fingerprint density at radius 1 is 0.774 bits per heavy atom. The van der Waals surface area contributed by atoms with E-state index < -0.39 is 5.69 Å². The molecular weight excluding hydrogens is 503 g/mol. The molecule has 0 radical (unpaired) electrons. The first-order valence-electron chi connectivity index (χ1n) is 10.7. The van der Waals surface area contributed by atoms with Crippen LogP contribution in [-0.2, 0) is 6.54 Å². The Balaban J connectivity index is 1.72. The fourth-order valence-corrected chi connectivity index (χ4v) is 4.40. The monoisotopic (exact) mass is 528 g/mol. The first-order chi connectivity index (χ1) is 15.2. The van der Waals surface area contributed by atoms with E-state index in [1.807, 2.05) is 59.2 Å². The average molecular weight is 528 g/mol. The number of rotatable bonds is 9. The number of benzene rings is 2. The minimum atomic E-state index is -0.510. The van der Waals surface area contributed by atoms with Crippen LogP contribution < -0.4 is 11.2 Å². The summed E-state index contributed by atoms with van der Waals surface area (Å²) in [5.41, 5.74) is 1.68. The van der Waals surface area contributed by atoms with Gasteiger partial charge in [0.25, 0.3) is 5.56 Å². The second kappa shape index (κ2) is 10.2. The minimum Gasteiger partial charge on any atom is -0.291 e. The molecule has 2 aromatic rings. The maximum Gasteiger partial charge on any atom is 0.352 e. The van der Waals surface area contributed by atoms with Gasteiger partial charge in [0.15, 0.2) is 11.5 Å². The number of nitrogens with zero attached hydrogens (tertiary/aromatic N) is 4. The maximum absolute atomic E-state index is 13.2. The Morgan fingerprint density at radius 3 is 2.23 bits per heavy atom. The molecule has 2 aliphatic heterocycles. The van der Waals surface area contributed by atoms with Gasteiger partial charge in [-0.05, 0) is 41.5 Å². The van der Waals surface area contributed by atoms with Crippen molar-refractivity contribution in [2.24, 2.45) is 0 Å². The van der Waals surface area contributed by atoms with Gasteiger partial charge in [0, 0.05) is 12.2 Å². The molecule has 0 amide bonds. The second-order valence-corrected chi connectivity index (χ2v) is 8.68. The quantitative estimate of drug-likeness (QED) is 0.135. The average Bonchev–Trinajstić information content (AvgIpc) is 2.80. The van der Waals surface area contributed by atoms with Crippen molar-refractivity contribution in [3.63, 3.8) is 0 Å². The fraction of sp³-hybridized carbons (Fsp3) is 0.333. The summed E-state index contributed by atoms with van der Waals surface area (Å²) >= 11 is 2.40. The van der Waals surface area contributed by atoms with Crippen LogP contribution in [0.3, 0.4) is 0 Å². The lowest BCUT2D eigenvalue weighted by molar-refractivity contribution is 0.534. The van der Waals surface area contributed by atoms with Crippen LogP contribution in [0.25, 0.3) is 28.2 Å². The lowest BCUT2D eigenvalue weighted by Crippen LogP contribution is -2.38. The summed E-state index contributed by atoms with van der Waals surface area (Å²) < 4.78 is 4.28.